The van der Waals surface area contributed by atoms with E-state index in [2.05, 4.69) is 9.71 Å². The molecule has 0 aliphatic rings. The second-order valence-electron chi connectivity index (χ2n) is 4.43. The number of aromatic nitrogens is 1. The molecule has 0 amide bonds. The van der Waals surface area contributed by atoms with Gasteiger partial charge in [0.25, 0.3) is 0 Å². The number of nitrogens with zero attached hydrogens (tertiary/aromatic N) is 1. The Morgan fingerprint density at radius 2 is 1.86 bits per heavy atom. The predicted octanol–water partition coefficient (Wildman–Crippen LogP) is 3.82. The average Bonchev–Trinajstić information content (AvgIpc) is 2.46. The molecule has 21 heavy (non-hydrogen) atoms. The molecular weight excluding hydrogens is 331 g/mol. The highest BCUT2D eigenvalue weighted by atomic mass is 35.5. The summed E-state index contributed by atoms with van der Waals surface area (Å²) in [4.78, 5) is 3.76. The maximum Gasteiger partial charge on any atom is 0.244 e. The highest BCUT2D eigenvalue weighted by molar-refractivity contribution is 7.89. The van der Waals surface area contributed by atoms with Crippen LogP contribution in [-0.2, 0) is 10.0 Å². The normalized spacial score (nSPS) is 13.1. The summed E-state index contributed by atoms with van der Waals surface area (Å²) in [6.45, 7) is 1.90. The molecule has 0 bridgehead atoms. The molecule has 1 unspecified atom stereocenters. The number of halogens is 2. The molecule has 0 radical (unpaired) electrons. The summed E-state index contributed by atoms with van der Waals surface area (Å²) in [5.74, 6) is 0. The standard InChI is InChI=1S/C14H14Cl2N2O2S/c1-2-12(10-5-7-11(15)8-6-10)18-21(19,20)13-4-3-9-17-14(13)16/h3-9,12,18H,2H2,1H3. The van der Waals surface area contributed by atoms with E-state index in [0.717, 1.165) is 5.56 Å². The number of benzene rings is 1. The van der Waals surface area contributed by atoms with E-state index in [4.69, 9.17) is 23.2 Å². The molecule has 0 saturated carbocycles. The van der Waals surface area contributed by atoms with E-state index in [0.29, 0.717) is 11.4 Å². The van der Waals surface area contributed by atoms with Gasteiger partial charge in [0.15, 0.2) is 0 Å². The van der Waals surface area contributed by atoms with Crippen molar-refractivity contribution in [3.63, 3.8) is 0 Å². The zero-order valence-electron chi connectivity index (χ0n) is 11.3. The third-order valence-electron chi connectivity index (χ3n) is 2.99. The van der Waals surface area contributed by atoms with E-state index in [-0.39, 0.29) is 16.1 Å². The van der Waals surface area contributed by atoms with Crippen molar-refractivity contribution in [2.75, 3.05) is 0 Å². The highest BCUT2D eigenvalue weighted by Crippen LogP contribution is 2.24. The minimum atomic E-state index is -3.74. The van der Waals surface area contributed by atoms with Gasteiger partial charge in [-0.15, -0.1) is 0 Å². The number of hydrogen-bond donors (Lipinski definition) is 1. The minimum Gasteiger partial charge on any atom is -0.243 e. The van der Waals surface area contributed by atoms with Crippen molar-refractivity contribution in [3.8, 4) is 0 Å². The maximum atomic E-state index is 12.4. The van der Waals surface area contributed by atoms with Crippen molar-refractivity contribution in [2.24, 2.45) is 0 Å². The Balaban J connectivity index is 2.30. The SMILES string of the molecule is CCC(NS(=O)(=O)c1cccnc1Cl)c1ccc(Cl)cc1. The quantitative estimate of drug-likeness (QED) is 0.838. The van der Waals surface area contributed by atoms with Crippen LogP contribution in [0.4, 0.5) is 0 Å². The second-order valence-corrected chi connectivity index (χ2v) is 6.90. The van der Waals surface area contributed by atoms with E-state index in [1.54, 1.807) is 24.3 Å². The van der Waals surface area contributed by atoms with E-state index < -0.39 is 10.0 Å². The van der Waals surface area contributed by atoms with Gasteiger partial charge in [-0.05, 0) is 36.2 Å². The lowest BCUT2D eigenvalue weighted by molar-refractivity contribution is 0.550. The first-order valence-corrected chi connectivity index (χ1v) is 8.56. The van der Waals surface area contributed by atoms with Gasteiger partial charge < -0.3 is 0 Å². The lowest BCUT2D eigenvalue weighted by Crippen LogP contribution is -2.28. The van der Waals surface area contributed by atoms with E-state index >= 15 is 0 Å². The molecule has 1 atom stereocenters. The van der Waals surface area contributed by atoms with Crippen molar-refractivity contribution in [1.82, 2.24) is 9.71 Å². The predicted molar refractivity (Wildman–Crippen MR) is 84.1 cm³/mol. The summed E-state index contributed by atoms with van der Waals surface area (Å²) in [6, 6.07) is 9.64. The lowest BCUT2D eigenvalue weighted by atomic mass is 10.1. The number of sulfonamides is 1. The number of nitrogens with one attached hydrogen (secondary N) is 1. The fourth-order valence-electron chi connectivity index (χ4n) is 1.90. The molecule has 7 heteroatoms. The van der Waals surface area contributed by atoms with E-state index in [1.165, 1.54) is 18.3 Å². The zero-order chi connectivity index (χ0) is 15.5. The summed E-state index contributed by atoms with van der Waals surface area (Å²) in [6.07, 6.45) is 2.04. The van der Waals surface area contributed by atoms with Crippen LogP contribution >= 0.6 is 23.2 Å². The largest absolute Gasteiger partial charge is 0.244 e. The van der Waals surface area contributed by atoms with Crippen LogP contribution in [0.3, 0.4) is 0 Å². The smallest absolute Gasteiger partial charge is 0.243 e. The Hall–Kier alpha value is -1.14. The van der Waals surface area contributed by atoms with Crippen LogP contribution in [0.5, 0.6) is 0 Å². The van der Waals surface area contributed by atoms with Crippen molar-refractivity contribution < 1.29 is 8.42 Å². The van der Waals surface area contributed by atoms with Gasteiger partial charge >= 0.3 is 0 Å². The van der Waals surface area contributed by atoms with Crippen molar-refractivity contribution in [2.45, 2.75) is 24.3 Å². The molecule has 0 saturated heterocycles. The molecule has 0 aliphatic carbocycles. The Morgan fingerprint density at radius 3 is 2.43 bits per heavy atom. The second kappa shape index (κ2) is 6.75. The van der Waals surface area contributed by atoms with E-state index in [9.17, 15) is 8.42 Å². The molecule has 1 aromatic carbocycles. The summed E-state index contributed by atoms with van der Waals surface area (Å²) in [5, 5.41) is 0.558. The van der Waals surface area contributed by atoms with Crippen LogP contribution < -0.4 is 4.72 Å². The fraction of sp³-hybridized carbons (Fsp3) is 0.214. The van der Waals surface area contributed by atoms with Gasteiger partial charge in [0.1, 0.15) is 10.0 Å². The molecule has 0 fully saturated rings. The first-order valence-electron chi connectivity index (χ1n) is 6.32. The molecule has 1 aromatic heterocycles. The van der Waals surface area contributed by atoms with Crippen LogP contribution in [0.2, 0.25) is 10.2 Å². The summed E-state index contributed by atoms with van der Waals surface area (Å²) in [5.41, 5.74) is 0.838. The first kappa shape index (κ1) is 16.2. The van der Waals surface area contributed by atoms with Gasteiger partial charge in [-0.3, -0.25) is 0 Å². The topological polar surface area (TPSA) is 59.1 Å². The molecule has 2 aromatic rings. The zero-order valence-corrected chi connectivity index (χ0v) is 13.6. The Morgan fingerprint density at radius 1 is 1.19 bits per heavy atom. The number of rotatable bonds is 5. The molecule has 0 spiro atoms. The van der Waals surface area contributed by atoms with Crippen LogP contribution in [0.15, 0.2) is 47.5 Å². The molecule has 4 nitrogen and oxygen atoms in total. The van der Waals surface area contributed by atoms with Crippen LogP contribution in [0.1, 0.15) is 24.9 Å². The fourth-order valence-corrected chi connectivity index (χ4v) is 3.79. The molecule has 2 rings (SSSR count). The first-order chi connectivity index (χ1) is 9.94. The van der Waals surface area contributed by atoms with Crippen molar-refractivity contribution in [3.05, 3.63) is 58.3 Å². The Bertz CT molecular complexity index is 718. The minimum absolute atomic E-state index is 0.0286. The molecule has 1 heterocycles. The summed E-state index contributed by atoms with van der Waals surface area (Å²) < 4.78 is 27.4. The van der Waals surface area contributed by atoms with Gasteiger partial charge in [0.2, 0.25) is 10.0 Å². The lowest BCUT2D eigenvalue weighted by Gasteiger charge is -2.18. The Kier molecular flexibility index (Phi) is 5.22. The average molecular weight is 345 g/mol. The summed E-state index contributed by atoms with van der Waals surface area (Å²) >= 11 is 11.7. The highest BCUT2D eigenvalue weighted by Gasteiger charge is 2.22. The van der Waals surface area contributed by atoms with Crippen LogP contribution in [0.25, 0.3) is 0 Å². The van der Waals surface area contributed by atoms with E-state index in [1.807, 2.05) is 6.92 Å². The summed E-state index contributed by atoms with van der Waals surface area (Å²) in [7, 11) is -3.74. The van der Waals surface area contributed by atoms with Crippen LogP contribution in [-0.4, -0.2) is 13.4 Å². The van der Waals surface area contributed by atoms with Gasteiger partial charge in [-0.25, -0.2) is 18.1 Å². The van der Waals surface area contributed by atoms with Gasteiger partial charge in [0.05, 0.1) is 0 Å². The third kappa shape index (κ3) is 3.95. The van der Waals surface area contributed by atoms with Crippen molar-refractivity contribution >= 4 is 33.2 Å². The van der Waals surface area contributed by atoms with Gasteiger partial charge in [-0.1, -0.05) is 42.3 Å². The van der Waals surface area contributed by atoms with Crippen LogP contribution in [0, 0.1) is 0 Å². The van der Waals surface area contributed by atoms with Crippen molar-refractivity contribution in [1.29, 1.82) is 0 Å². The number of pyridine rings is 1. The molecule has 1 N–H and O–H groups in total. The van der Waals surface area contributed by atoms with Gasteiger partial charge in [0, 0.05) is 17.3 Å². The molecular formula is C14H14Cl2N2O2S. The molecule has 0 aliphatic heterocycles. The Labute approximate surface area is 134 Å². The molecule has 112 valence electrons. The number of hydrogen-bond acceptors (Lipinski definition) is 3. The third-order valence-corrected chi connectivity index (χ3v) is 5.16. The maximum absolute atomic E-state index is 12.4. The monoisotopic (exact) mass is 344 g/mol. The van der Waals surface area contributed by atoms with Gasteiger partial charge in [-0.2, -0.15) is 0 Å².